The summed E-state index contributed by atoms with van der Waals surface area (Å²) in [5, 5.41) is 4.22. The normalized spacial score (nSPS) is 21.4. The molecule has 90 valence electrons. The Morgan fingerprint density at radius 2 is 2.24 bits per heavy atom. The summed E-state index contributed by atoms with van der Waals surface area (Å²) in [6.07, 6.45) is 2.56. The molecule has 0 saturated heterocycles. The zero-order valence-corrected chi connectivity index (χ0v) is 11.1. The van der Waals surface area contributed by atoms with Gasteiger partial charge in [0.15, 0.2) is 0 Å². The van der Waals surface area contributed by atoms with Gasteiger partial charge in [-0.05, 0) is 36.5 Å². The molecule has 1 aliphatic heterocycles. The van der Waals surface area contributed by atoms with Gasteiger partial charge in [0.1, 0.15) is 12.3 Å². The lowest BCUT2D eigenvalue weighted by atomic mass is 10.0. The van der Waals surface area contributed by atoms with Crippen LogP contribution in [-0.4, -0.2) is 18.9 Å². The lowest BCUT2D eigenvalue weighted by Crippen LogP contribution is -2.19. The first-order chi connectivity index (χ1) is 8.33. The molecule has 0 bridgehead atoms. The van der Waals surface area contributed by atoms with Crippen LogP contribution < -0.4 is 0 Å². The lowest BCUT2D eigenvalue weighted by Gasteiger charge is -2.18. The average Bonchev–Trinajstić information content (AvgIpc) is 3.14. The maximum absolute atomic E-state index is 5.50. The first kappa shape index (κ1) is 11.2. The molecule has 1 heterocycles. The Morgan fingerprint density at radius 3 is 3.06 bits per heavy atom. The third-order valence-corrected chi connectivity index (χ3v) is 3.55. The minimum Gasteiger partial charge on any atom is -0.395 e. The Labute approximate surface area is 109 Å². The summed E-state index contributed by atoms with van der Waals surface area (Å²) in [7, 11) is 0. The van der Waals surface area contributed by atoms with Crippen LogP contribution >= 0.6 is 15.9 Å². The summed E-state index contributed by atoms with van der Waals surface area (Å²) in [5.41, 5.74) is 3.21. The fourth-order valence-electron chi connectivity index (χ4n) is 1.86. The zero-order valence-electron chi connectivity index (χ0n) is 9.49. The highest BCUT2D eigenvalue weighted by atomic mass is 79.9. The first-order valence-electron chi connectivity index (χ1n) is 5.88. The van der Waals surface area contributed by atoms with Crippen LogP contribution in [0, 0.1) is 5.92 Å². The highest BCUT2D eigenvalue weighted by molar-refractivity contribution is 9.10. The Hall–Kier alpha value is -0.870. The van der Waals surface area contributed by atoms with Crippen molar-refractivity contribution in [3.63, 3.8) is 0 Å². The van der Waals surface area contributed by atoms with E-state index in [0.717, 1.165) is 28.3 Å². The third kappa shape index (κ3) is 2.69. The minimum absolute atomic E-state index is 0.536. The predicted molar refractivity (Wildman–Crippen MR) is 69.0 cm³/mol. The first-order valence-corrected chi connectivity index (χ1v) is 6.67. The molecule has 0 amide bonds. The SMILES string of the molecule is Brc1ccc2c(c1)/C(=N/OCC1CC1)COC2. The minimum atomic E-state index is 0.536. The second-order valence-corrected chi connectivity index (χ2v) is 5.49. The van der Waals surface area contributed by atoms with Crippen molar-refractivity contribution in [2.75, 3.05) is 13.2 Å². The van der Waals surface area contributed by atoms with E-state index in [2.05, 4.69) is 33.2 Å². The quantitative estimate of drug-likeness (QED) is 0.802. The Kier molecular flexibility index (Phi) is 3.16. The van der Waals surface area contributed by atoms with E-state index in [1.807, 2.05) is 6.07 Å². The molecule has 3 rings (SSSR count). The van der Waals surface area contributed by atoms with Crippen LogP contribution in [0.3, 0.4) is 0 Å². The second kappa shape index (κ2) is 4.78. The van der Waals surface area contributed by atoms with E-state index in [-0.39, 0.29) is 0 Å². The summed E-state index contributed by atoms with van der Waals surface area (Å²) in [4.78, 5) is 5.39. The van der Waals surface area contributed by atoms with E-state index in [1.54, 1.807) is 0 Å². The number of hydrogen-bond acceptors (Lipinski definition) is 3. The summed E-state index contributed by atoms with van der Waals surface area (Å²) in [5.74, 6) is 0.728. The molecule has 1 aromatic rings. The van der Waals surface area contributed by atoms with E-state index in [4.69, 9.17) is 9.57 Å². The van der Waals surface area contributed by atoms with Crippen molar-refractivity contribution in [3.05, 3.63) is 33.8 Å². The van der Waals surface area contributed by atoms with Crippen LogP contribution in [0.5, 0.6) is 0 Å². The number of oxime groups is 1. The number of nitrogens with zero attached hydrogens (tertiary/aromatic N) is 1. The number of halogens is 1. The van der Waals surface area contributed by atoms with Crippen molar-refractivity contribution < 1.29 is 9.57 Å². The van der Waals surface area contributed by atoms with Crippen LogP contribution in [-0.2, 0) is 16.2 Å². The molecule has 1 aromatic carbocycles. The van der Waals surface area contributed by atoms with Gasteiger partial charge < -0.3 is 9.57 Å². The largest absolute Gasteiger partial charge is 0.395 e. The molecule has 1 aliphatic carbocycles. The highest BCUT2D eigenvalue weighted by Crippen LogP contribution is 2.29. The fraction of sp³-hybridized carbons (Fsp3) is 0.462. The van der Waals surface area contributed by atoms with Gasteiger partial charge in [-0.2, -0.15) is 0 Å². The van der Waals surface area contributed by atoms with Gasteiger partial charge in [-0.15, -0.1) is 0 Å². The molecular weight excluding hydrogens is 282 g/mol. The van der Waals surface area contributed by atoms with Crippen molar-refractivity contribution in [1.29, 1.82) is 0 Å². The molecule has 4 heteroatoms. The summed E-state index contributed by atoms with van der Waals surface area (Å²) in [6.45, 7) is 1.94. The predicted octanol–water partition coefficient (Wildman–Crippen LogP) is 3.11. The molecule has 3 nitrogen and oxygen atoms in total. The van der Waals surface area contributed by atoms with Crippen molar-refractivity contribution >= 4 is 21.6 Å². The lowest BCUT2D eigenvalue weighted by molar-refractivity contribution is 0.120. The topological polar surface area (TPSA) is 30.8 Å². The molecule has 0 N–H and O–H groups in total. The van der Waals surface area contributed by atoms with Gasteiger partial charge in [0.25, 0.3) is 0 Å². The smallest absolute Gasteiger partial charge is 0.120 e. The van der Waals surface area contributed by atoms with Gasteiger partial charge in [-0.3, -0.25) is 0 Å². The van der Waals surface area contributed by atoms with Crippen LogP contribution in [0.15, 0.2) is 27.8 Å². The summed E-state index contributed by atoms with van der Waals surface area (Å²) in [6, 6.07) is 6.17. The monoisotopic (exact) mass is 295 g/mol. The summed E-state index contributed by atoms with van der Waals surface area (Å²) < 4.78 is 6.56. The maximum atomic E-state index is 5.50. The van der Waals surface area contributed by atoms with Crippen molar-refractivity contribution in [3.8, 4) is 0 Å². The molecule has 0 radical (unpaired) electrons. The molecule has 0 atom stereocenters. The molecule has 1 fully saturated rings. The maximum Gasteiger partial charge on any atom is 0.120 e. The number of ether oxygens (including phenoxy) is 1. The molecule has 0 spiro atoms. The van der Waals surface area contributed by atoms with Gasteiger partial charge >= 0.3 is 0 Å². The zero-order chi connectivity index (χ0) is 11.7. The molecule has 0 unspecified atom stereocenters. The molecular formula is C13H14BrNO2. The highest BCUT2D eigenvalue weighted by Gasteiger charge is 2.22. The van der Waals surface area contributed by atoms with Crippen molar-refractivity contribution in [2.45, 2.75) is 19.4 Å². The number of hydrogen-bond donors (Lipinski definition) is 0. The van der Waals surface area contributed by atoms with Gasteiger partial charge in [-0.25, -0.2) is 0 Å². The van der Waals surface area contributed by atoms with Gasteiger partial charge in [0.2, 0.25) is 0 Å². The van der Waals surface area contributed by atoms with Crippen LogP contribution in [0.1, 0.15) is 24.0 Å². The second-order valence-electron chi connectivity index (χ2n) is 4.57. The third-order valence-electron chi connectivity index (χ3n) is 3.06. The molecule has 1 saturated carbocycles. The van der Waals surface area contributed by atoms with E-state index in [1.165, 1.54) is 18.4 Å². The van der Waals surface area contributed by atoms with Crippen LogP contribution in [0.4, 0.5) is 0 Å². The van der Waals surface area contributed by atoms with Gasteiger partial charge in [0.05, 0.1) is 13.2 Å². The van der Waals surface area contributed by atoms with E-state index in [0.29, 0.717) is 13.2 Å². The molecule has 17 heavy (non-hydrogen) atoms. The van der Waals surface area contributed by atoms with Gasteiger partial charge in [0, 0.05) is 10.0 Å². The summed E-state index contributed by atoms with van der Waals surface area (Å²) >= 11 is 3.48. The number of benzene rings is 1. The Bertz CT molecular complexity index is 455. The van der Waals surface area contributed by atoms with Crippen molar-refractivity contribution in [2.24, 2.45) is 11.1 Å². The van der Waals surface area contributed by atoms with Gasteiger partial charge in [-0.1, -0.05) is 27.2 Å². The average molecular weight is 296 g/mol. The van der Waals surface area contributed by atoms with Crippen LogP contribution in [0.25, 0.3) is 0 Å². The number of rotatable bonds is 3. The van der Waals surface area contributed by atoms with E-state index < -0.39 is 0 Å². The Balaban J connectivity index is 1.79. The molecule has 2 aliphatic rings. The Morgan fingerprint density at radius 1 is 1.35 bits per heavy atom. The standard InChI is InChI=1S/C13H14BrNO2/c14-11-4-3-10-7-16-8-13(12(10)5-11)15-17-6-9-1-2-9/h3-5,9H,1-2,6-8H2/b15-13+. The van der Waals surface area contributed by atoms with E-state index >= 15 is 0 Å². The van der Waals surface area contributed by atoms with Crippen LogP contribution in [0.2, 0.25) is 0 Å². The fourth-order valence-corrected chi connectivity index (χ4v) is 2.22. The molecule has 0 aromatic heterocycles. The van der Waals surface area contributed by atoms with Crippen molar-refractivity contribution in [1.82, 2.24) is 0 Å². The number of fused-ring (bicyclic) bond motifs is 1. The van der Waals surface area contributed by atoms with E-state index in [9.17, 15) is 0 Å².